The molecule has 1 fully saturated rings. The van der Waals surface area contributed by atoms with Gasteiger partial charge in [0.25, 0.3) is 0 Å². The lowest BCUT2D eigenvalue weighted by molar-refractivity contribution is 0.415. The van der Waals surface area contributed by atoms with Gasteiger partial charge in [0.2, 0.25) is 10.0 Å². The maximum absolute atomic E-state index is 12.1. The predicted molar refractivity (Wildman–Crippen MR) is 118 cm³/mol. The standard InChI is InChI=1S/C19H27N5O3S2/c1-20-19(21-10-11-22-29(25,26)18-8-5-13-28-18)23-15-9-12-24(14-15)16-6-3-4-7-17(16)27-2/h3-8,13,15,22H,9-12,14H2,1-2H3,(H2,20,21,23). The molecule has 0 aliphatic carbocycles. The van der Waals surface area contributed by atoms with Crippen LogP contribution in [-0.4, -0.2) is 60.8 Å². The highest BCUT2D eigenvalue weighted by molar-refractivity contribution is 7.91. The summed E-state index contributed by atoms with van der Waals surface area (Å²) in [6.07, 6.45) is 0.976. The highest BCUT2D eigenvalue weighted by Gasteiger charge is 2.25. The van der Waals surface area contributed by atoms with Crippen LogP contribution in [0.25, 0.3) is 0 Å². The number of ether oxygens (including phenoxy) is 1. The van der Waals surface area contributed by atoms with Crippen LogP contribution in [0.3, 0.4) is 0 Å². The molecule has 10 heteroatoms. The third-order valence-electron chi connectivity index (χ3n) is 4.65. The number of hydrogen-bond acceptors (Lipinski definition) is 6. The fraction of sp³-hybridized carbons (Fsp3) is 0.421. The van der Waals surface area contributed by atoms with Crippen LogP contribution in [-0.2, 0) is 10.0 Å². The second-order valence-corrected chi connectivity index (χ2v) is 9.52. The van der Waals surface area contributed by atoms with E-state index in [4.69, 9.17) is 4.74 Å². The van der Waals surface area contributed by atoms with E-state index in [1.807, 2.05) is 18.2 Å². The van der Waals surface area contributed by atoms with Crippen molar-refractivity contribution in [1.29, 1.82) is 0 Å². The van der Waals surface area contributed by atoms with Gasteiger partial charge in [0.1, 0.15) is 9.96 Å². The van der Waals surface area contributed by atoms with Crippen molar-refractivity contribution in [3.63, 3.8) is 0 Å². The second-order valence-electron chi connectivity index (χ2n) is 6.58. The summed E-state index contributed by atoms with van der Waals surface area (Å²) in [5.41, 5.74) is 1.09. The fourth-order valence-electron chi connectivity index (χ4n) is 3.23. The summed E-state index contributed by atoms with van der Waals surface area (Å²) in [4.78, 5) is 6.53. The molecule has 1 aromatic carbocycles. The number of hydrogen-bond donors (Lipinski definition) is 3. The molecule has 1 saturated heterocycles. The number of methoxy groups -OCH3 is 1. The van der Waals surface area contributed by atoms with E-state index in [1.165, 1.54) is 11.3 Å². The van der Waals surface area contributed by atoms with Crippen LogP contribution in [0.1, 0.15) is 6.42 Å². The van der Waals surface area contributed by atoms with Crippen LogP contribution in [0.15, 0.2) is 51.0 Å². The Kier molecular flexibility index (Phi) is 7.34. The monoisotopic (exact) mass is 437 g/mol. The molecule has 0 amide bonds. The SMILES string of the molecule is CN=C(NCCNS(=O)(=O)c1cccs1)NC1CCN(c2ccccc2OC)C1. The van der Waals surface area contributed by atoms with Gasteiger partial charge in [-0.2, -0.15) is 0 Å². The largest absolute Gasteiger partial charge is 0.495 e. The molecule has 29 heavy (non-hydrogen) atoms. The van der Waals surface area contributed by atoms with E-state index in [-0.39, 0.29) is 12.6 Å². The highest BCUT2D eigenvalue weighted by atomic mass is 32.2. The average molecular weight is 438 g/mol. The minimum Gasteiger partial charge on any atom is -0.495 e. The van der Waals surface area contributed by atoms with Crippen molar-refractivity contribution in [3.05, 3.63) is 41.8 Å². The minimum atomic E-state index is -3.44. The lowest BCUT2D eigenvalue weighted by atomic mass is 10.2. The van der Waals surface area contributed by atoms with E-state index in [1.54, 1.807) is 31.7 Å². The average Bonchev–Trinajstić information content (AvgIpc) is 3.42. The molecule has 0 bridgehead atoms. The van der Waals surface area contributed by atoms with E-state index < -0.39 is 10.0 Å². The normalized spacial score (nSPS) is 17.4. The molecule has 1 aromatic heterocycles. The lowest BCUT2D eigenvalue weighted by Gasteiger charge is -2.22. The second kappa shape index (κ2) is 9.95. The molecule has 1 unspecified atom stereocenters. The van der Waals surface area contributed by atoms with Crippen LogP contribution in [0.4, 0.5) is 5.69 Å². The predicted octanol–water partition coefficient (Wildman–Crippen LogP) is 1.48. The Hall–Kier alpha value is -2.30. The molecule has 3 N–H and O–H groups in total. The number of benzene rings is 1. The Morgan fingerprint density at radius 2 is 2.10 bits per heavy atom. The van der Waals surface area contributed by atoms with E-state index >= 15 is 0 Å². The number of nitrogens with zero attached hydrogens (tertiary/aromatic N) is 2. The van der Waals surface area contributed by atoms with Gasteiger partial charge in [0.15, 0.2) is 5.96 Å². The summed E-state index contributed by atoms with van der Waals surface area (Å²) in [7, 11) is -0.0488. The molecule has 2 aromatic rings. The molecule has 0 spiro atoms. The molecular weight excluding hydrogens is 410 g/mol. The minimum absolute atomic E-state index is 0.244. The maximum atomic E-state index is 12.1. The van der Waals surface area contributed by atoms with Crippen LogP contribution >= 0.6 is 11.3 Å². The van der Waals surface area contributed by atoms with Crippen LogP contribution in [0.5, 0.6) is 5.75 Å². The topological polar surface area (TPSA) is 95.1 Å². The number of para-hydroxylation sites is 2. The Labute approximate surface area is 176 Å². The van der Waals surface area contributed by atoms with E-state index in [0.717, 1.165) is 30.9 Å². The molecule has 1 aliphatic rings. The molecule has 0 radical (unpaired) electrons. The lowest BCUT2D eigenvalue weighted by Crippen LogP contribution is -2.46. The van der Waals surface area contributed by atoms with E-state index in [2.05, 4.69) is 31.3 Å². The van der Waals surface area contributed by atoms with Gasteiger partial charge in [0, 0.05) is 39.3 Å². The Morgan fingerprint density at radius 3 is 2.83 bits per heavy atom. The Morgan fingerprint density at radius 1 is 1.28 bits per heavy atom. The Balaban J connectivity index is 1.45. The molecule has 3 rings (SSSR count). The van der Waals surface area contributed by atoms with Crippen LogP contribution in [0.2, 0.25) is 0 Å². The first-order valence-corrected chi connectivity index (χ1v) is 11.8. The van der Waals surface area contributed by atoms with E-state index in [9.17, 15) is 8.42 Å². The first-order chi connectivity index (χ1) is 14.0. The quantitative estimate of drug-likeness (QED) is 0.329. The smallest absolute Gasteiger partial charge is 0.250 e. The van der Waals surface area contributed by atoms with Crippen molar-refractivity contribution in [3.8, 4) is 5.75 Å². The number of sulfonamides is 1. The molecule has 0 saturated carbocycles. The molecular formula is C19H27N5O3S2. The summed E-state index contributed by atoms with van der Waals surface area (Å²) < 4.78 is 32.6. The zero-order chi connectivity index (χ0) is 20.7. The zero-order valence-electron chi connectivity index (χ0n) is 16.6. The van der Waals surface area contributed by atoms with Crippen molar-refractivity contribution >= 4 is 33.0 Å². The number of thiophene rings is 1. The number of guanidine groups is 1. The number of nitrogens with one attached hydrogen (secondary N) is 3. The van der Waals surface area contributed by atoms with Crippen LogP contribution < -0.4 is 25.0 Å². The summed E-state index contributed by atoms with van der Waals surface area (Å²) >= 11 is 1.20. The molecule has 1 atom stereocenters. The molecule has 158 valence electrons. The summed E-state index contributed by atoms with van der Waals surface area (Å²) in [5.74, 6) is 1.53. The van der Waals surface area contributed by atoms with Crippen molar-refractivity contribution < 1.29 is 13.2 Å². The maximum Gasteiger partial charge on any atom is 0.250 e. The van der Waals surface area contributed by atoms with Gasteiger partial charge < -0.3 is 20.3 Å². The van der Waals surface area contributed by atoms with Gasteiger partial charge in [0.05, 0.1) is 12.8 Å². The van der Waals surface area contributed by atoms with Gasteiger partial charge in [-0.1, -0.05) is 18.2 Å². The van der Waals surface area contributed by atoms with Gasteiger partial charge in [-0.15, -0.1) is 11.3 Å². The fourth-order valence-corrected chi connectivity index (χ4v) is 5.30. The molecule has 1 aliphatic heterocycles. The van der Waals surface area contributed by atoms with Crippen molar-refractivity contribution in [2.24, 2.45) is 4.99 Å². The first-order valence-electron chi connectivity index (χ1n) is 9.42. The van der Waals surface area contributed by atoms with Crippen LogP contribution in [0, 0.1) is 0 Å². The number of anilines is 1. The highest BCUT2D eigenvalue weighted by Crippen LogP contribution is 2.30. The summed E-state index contributed by atoms with van der Waals surface area (Å²) in [5, 5.41) is 8.32. The Bertz CT molecular complexity index is 916. The van der Waals surface area contributed by atoms with Gasteiger partial charge >= 0.3 is 0 Å². The van der Waals surface area contributed by atoms with Gasteiger partial charge in [-0.05, 0) is 30.0 Å². The zero-order valence-corrected chi connectivity index (χ0v) is 18.2. The van der Waals surface area contributed by atoms with Gasteiger partial charge in [-0.3, -0.25) is 4.99 Å². The number of rotatable bonds is 8. The molecule has 2 heterocycles. The third-order valence-corrected chi connectivity index (χ3v) is 7.51. The van der Waals surface area contributed by atoms with Crippen molar-refractivity contribution in [1.82, 2.24) is 15.4 Å². The van der Waals surface area contributed by atoms with E-state index in [0.29, 0.717) is 16.7 Å². The van der Waals surface area contributed by atoms with Crippen molar-refractivity contribution in [2.45, 2.75) is 16.7 Å². The van der Waals surface area contributed by atoms with Crippen molar-refractivity contribution in [2.75, 3.05) is 45.2 Å². The summed E-state index contributed by atoms with van der Waals surface area (Å²) in [6.45, 7) is 2.48. The first kappa shape index (κ1) is 21.4. The van der Waals surface area contributed by atoms with Gasteiger partial charge in [-0.25, -0.2) is 13.1 Å². The number of aliphatic imine (C=N–C) groups is 1. The third kappa shape index (κ3) is 5.62. The molecule has 8 nitrogen and oxygen atoms in total. The summed E-state index contributed by atoms with van der Waals surface area (Å²) in [6, 6.07) is 11.6.